The van der Waals surface area contributed by atoms with Gasteiger partial charge >= 0.3 is 0 Å². The third-order valence-corrected chi connectivity index (χ3v) is 8.43. The number of hydrogen-bond acceptors (Lipinski definition) is 3. The molecule has 0 bridgehead atoms. The van der Waals surface area contributed by atoms with Gasteiger partial charge in [0, 0.05) is 49.7 Å². The second-order valence-corrected chi connectivity index (χ2v) is 10.4. The third kappa shape index (κ3) is 3.69. The Hall–Kier alpha value is -4.93. The van der Waals surface area contributed by atoms with E-state index in [1.54, 1.807) is 11.3 Å². The number of nitrogens with zero attached hydrogens (tertiary/aromatic N) is 3. The lowest BCUT2D eigenvalue weighted by atomic mass is 10.1. The Balaban J connectivity index is 1.48. The van der Waals surface area contributed by atoms with Crippen molar-refractivity contribution in [3.8, 4) is 5.69 Å². The fraction of sp³-hybridized carbons (Fsp3) is 0. The molecule has 0 spiro atoms. The van der Waals surface area contributed by atoms with E-state index in [0.29, 0.717) is 0 Å². The van der Waals surface area contributed by atoms with Crippen LogP contribution in [0.3, 0.4) is 0 Å². The van der Waals surface area contributed by atoms with Crippen LogP contribution in [0.25, 0.3) is 48.9 Å². The maximum absolute atomic E-state index is 4.73. The van der Waals surface area contributed by atoms with Crippen LogP contribution >= 0.6 is 11.3 Å². The van der Waals surface area contributed by atoms with Crippen molar-refractivity contribution < 1.29 is 0 Å². The van der Waals surface area contributed by atoms with Gasteiger partial charge in [0.05, 0.1) is 27.8 Å². The minimum Gasteiger partial charge on any atom is -0.310 e. The summed E-state index contributed by atoms with van der Waals surface area (Å²) >= 11 is 1.80. The van der Waals surface area contributed by atoms with Gasteiger partial charge in [0.15, 0.2) is 0 Å². The molecule has 0 aliphatic rings. The van der Waals surface area contributed by atoms with E-state index in [0.717, 1.165) is 50.3 Å². The summed E-state index contributed by atoms with van der Waals surface area (Å²) in [6.07, 6.45) is 7.79. The predicted molar refractivity (Wildman–Crippen MR) is 169 cm³/mol. The average Bonchev–Trinajstić information content (AvgIpc) is 3.53. The van der Waals surface area contributed by atoms with Crippen molar-refractivity contribution in [3.63, 3.8) is 0 Å². The Labute approximate surface area is 231 Å². The first kappa shape index (κ1) is 23.2. The van der Waals surface area contributed by atoms with E-state index < -0.39 is 0 Å². The zero-order valence-electron chi connectivity index (χ0n) is 21.3. The third-order valence-electron chi connectivity index (χ3n) is 7.22. The molecule has 3 aromatic heterocycles. The summed E-state index contributed by atoms with van der Waals surface area (Å²) in [4.78, 5) is 7.03. The molecule has 0 amide bonds. The summed E-state index contributed by atoms with van der Waals surface area (Å²) in [5, 5.41) is 3.49. The Bertz CT molecular complexity index is 1960. The van der Waals surface area contributed by atoms with Gasteiger partial charge < -0.3 is 9.47 Å². The number of para-hydroxylation sites is 3. The summed E-state index contributed by atoms with van der Waals surface area (Å²) < 4.78 is 4.69. The number of aromatic nitrogens is 2. The molecule has 4 heteroatoms. The molecular formula is C35H25N3S. The molecule has 0 fully saturated rings. The van der Waals surface area contributed by atoms with Crippen molar-refractivity contribution in [2.24, 2.45) is 0 Å². The van der Waals surface area contributed by atoms with Crippen molar-refractivity contribution in [1.29, 1.82) is 0 Å². The van der Waals surface area contributed by atoms with Crippen molar-refractivity contribution in [3.05, 3.63) is 140 Å². The van der Waals surface area contributed by atoms with Gasteiger partial charge in [-0.2, -0.15) is 0 Å². The Morgan fingerprint density at radius 1 is 0.667 bits per heavy atom. The second kappa shape index (κ2) is 9.43. The standard InChI is InChI=1S/C35H25N3S/c1-3-27-28-17-11-12-18-32(28)38(31(27)4-2)33-23-36-22-30-29-21-26(19-20-34(29)39-35(30)33)37(24-13-7-5-8-14-24)25-15-9-6-10-16-25/h3-23H,1-2H2. The van der Waals surface area contributed by atoms with Crippen LogP contribution in [-0.2, 0) is 0 Å². The summed E-state index contributed by atoms with van der Waals surface area (Å²) in [5.74, 6) is 0. The molecule has 4 aromatic carbocycles. The van der Waals surface area contributed by atoms with Crippen molar-refractivity contribution in [2.75, 3.05) is 4.90 Å². The number of fused-ring (bicyclic) bond motifs is 4. The van der Waals surface area contributed by atoms with E-state index >= 15 is 0 Å². The van der Waals surface area contributed by atoms with Crippen molar-refractivity contribution in [1.82, 2.24) is 9.55 Å². The number of rotatable bonds is 6. The van der Waals surface area contributed by atoms with Crippen LogP contribution in [0.1, 0.15) is 11.3 Å². The topological polar surface area (TPSA) is 21.1 Å². The predicted octanol–water partition coefficient (Wildman–Crippen LogP) is 10.1. The van der Waals surface area contributed by atoms with E-state index in [2.05, 4.69) is 126 Å². The van der Waals surface area contributed by atoms with Gasteiger partial charge in [0.25, 0.3) is 0 Å². The van der Waals surface area contributed by atoms with Gasteiger partial charge in [-0.3, -0.25) is 4.98 Å². The SMILES string of the molecule is C=Cc1c(C=C)n(-c2cncc3c2sc2ccc(N(c4ccccc4)c4ccccc4)cc23)c2ccccc12. The molecule has 0 aliphatic carbocycles. The van der Waals surface area contributed by atoms with E-state index in [1.165, 1.54) is 14.8 Å². The fourth-order valence-corrected chi connectivity index (χ4v) is 6.68. The lowest BCUT2D eigenvalue weighted by molar-refractivity contribution is 1.10. The number of benzene rings is 4. The quantitative estimate of drug-likeness (QED) is 0.218. The van der Waals surface area contributed by atoms with Crippen LogP contribution < -0.4 is 4.90 Å². The van der Waals surface area contributed by atoms with E-state index in [1.807, 2.05) is 24.5 Å². The zero-order valence-corrected chi connectivity index (χ0v) is 22.1. The van der Waals surface area contributed by atoms with Crippen LogP contribution in [0.4, 0.5) is 17.1 Å². The molecule has 7 aromatic rings. The van der Waals surface area contributed by atoms with Gasteiger partial charge in [-0.05, 0) is 54.6 Å². The molecule has 0 unspecified atom stereocenters. The summed E-state index contributed by atoms with van der Waals surface area (Å²) in [6.45, 7) is 8.23. The molecule has 186 valence electrons. The van der Waals surface area contributed by atoms with Crippen molar-refractivity contribution in [2.45, 2.75) is 0 Å². The summed E-state index contributed by atoms with van der Waals surface area (Å²) in [5.41, 5.74) is 7.63. The Morgan fingerprint density at radius 3 is 2.05 bits per heavy atom. The van der Waals surface area contributed by atoms with Gasteiger partial charge in [-0.1, -0.05) is 73.8 Å². The minimum absolute atomic E-state index is 1.03. The molecule has 0 atom stereocenters. The molecule has 3 heterocycles. The molecule has 0 saturated carbocycles. The largest absolute Gasteiger partial charge is 0.310 e. The van der Waals surface area contributed by atoms with Gasteiger partial charge in [0.2, 0.25) is 0 Å². The first-order valence-electron chi connectivity index (χ1n) is 12.9. The van der Waals surface area contributed by atoms with Crippen LogP contribution in [0, 0.1) is 0 Å². The average molecular weight is 520 g/mol. The minimum atomic E-state index is 1.03. The van der Waals surface area contributed by atoms with Crippen LogP contribution in [-0.4, -0.2) is 9.55 Å². The highest BCUT2D eigenvalue weighted by atomic mass is 32.1. The number of anilines is 3. The van der Waals surface area contributed by atoms with Crippen LogP contribution in [0.5, 0.6) is 0 Å². The highest BCUT2D eigenvalue weighted by Gasteiger charge is 2.19. The molecular weight excluding hydrogens is 494 g/mol. The van der Waals surface area contributed by atoms with Crippen LogP contribution in [0.2, 0.25) is 0 Å². The highest BCUT2D eigenvalue weighted by molar-refractivity contribution is 7.26. The smallest absolute Gasteiger partial charge is 0.0825 e. The Kier molecular flexibility index (Phi) is 5.61. The van der Waals surface area contributed by atoms with E-state index in [-0.39, 0.29) is 0 Å². The normalized spacial score (nSPS) is 11.3. The monoisotopic (exact) mass is 519 g/mol. The molecule has 7 rings (SSSR count). The molecule has 39 heavy (non-hydrogen) atoms. The second-order valence-electron chi connectivity index (χ2n) is 9.38. The van der Waals surface area contributed by atoms with Gasteiger partial charge in [-0.25, -0.2) is 0 Å². The van der Waals surface area contributed by atoms with Gasteiger partial charge in [0.1, 0.15) is 0 Å². The molecule has 0 saturated heterocycles. The van der Waals surface area contributed by atoms with Crippen LogP contribution in [0.15, 0.2) is 129 Å². The highest BCUT2D eigenvalue weighted by Crippen LogP contribution is 2.43. The Morgan fingerprint density at radius 2 is 1.36 bits per heavy atom. The lowest BCUT2D eigenvalue weighted by Crippen LogP contribution is -2.09. The summed E-state index contributed by atoms with van der Waals surface area (Å²) in [7, 11) is 0. The van der Waals surface area contributed by atoms with Gasteiger partial charge in [-0.15, -0.1) is 11.3 Å². The first-order chi connectivity index (χ1) is 19.3. The summed E-state index contributed by atoms with van der Waals surface area (Å²) in [6, 6.07) is 36.2. The number of hydrogen-bond donors (Lipinski definition) is 0. The number of thiophene rings is 1. The fourth-order valence-electron chi connectivity index (χ4n) is 5.52. The molecule has 0 N–H and O–H groups in total. The van der Waals surface area contributed by atoms with E-state index in [4.69, 9.17) is 4.98 Å². The van der Waals surface area contributed by atoms with Crippen molar-refractivity contribution >= 4 is 71.6 Å². The maximum atomic E-state index is 4.73. The maximum Gasteiger partial charge on any atom is 0.0825 e. The lowest BCUT2D eigenvalue weighted by Gasteiger charge is -2.25. The molecule has 3 nitrogen and oxygen atoms in total. The molecule has 0 radical (unpaired) electrons. The number of pyridine rings is 1. The first-order valence-corrected chi connectivity index (χ1v) is 13.7. The zero-order chi connectivity index (χ0) is 26.3. The molecule has 0 aliphatic heterocycles. The van der Waals surface area contributed by atoms with E-state index in [9.17, 15) is 0 Å².